The molecule has 0 saturated heterocycles. The maximum absolute atomic E-state index is 6.20. The topological polar surface area (TPSA) is 35.0 Å². The number of ether oxygens (including phenoxy) is 1. The summed E-state index contributed by atoms with van der Waals surface area (Å²) in [5.74, 6) is 2.86. The molecule has 0 radical (unpaired) electrons. The van der Waals surface area contributed by atoms with Crippen LogP contribution in [0.2, 0.25) is 0 Å². The van der Waals surface area contributed by atoms with Crippen molar-refractivity contribution in [3.05, 3.63) is 107 Å². The summed E-state index contributed by atoms with van der Waals surface area (Å²) in [7, 11) is 0. The fraction of sp³-hybridized carbons (Fsp3) is 0.0769. The molecule has 3 aromatic carbocycles. The quantitative estimate of drug-likeness (QED) is 0.331. The summed E-state index contributed by atoms with van der Waals surface area (Å²) >= 11 is 3.55. The van der Waals surface area contributed by atoms with Crippen molar-refractivity contribution in [3.63, 3.8) is 0 Å². The molecule has 1 aliphatic carbocycles. The van der Waals surface area contributed by atoms with E-state index in [-0.39, 0.29) is 5.92 Å². The molecule has 4 heteroatoms. The van der Waals surface area contributed by atoms with E-state index in [2.05, 4.69) is 76.6 Å². The number of benzene rings is 3. The van der Waals surface area contributed by atoms with Crippen molar-refractivity contribution in [2.24, 2.45) is 0 Å². The first-order valence-electron chi connectivity index (χ1n) is 9.96. The minimum Gasteiger partial charge on any atom is -0.460 e. The van der Waals surface area contributed by atoms with Gasteiger partial charge in [0.2, 0.25) is 0 Å². The lowest BCUT2D eigenvalue weighted by atomic mass is 9.89. The van der Waals surface area contributed by atoms with Crippen LogP contribution in [-0.2, 0) is 0 Å². The molecule has 1 unspecified atom stereocenters. The summed E-state index contributed by atoms with van der Waals surface area (Å²) < 4.78 is 7.27. The zero-order chi connectivity index (χ0) is 20.1. The van der Waals surface area contributed by atoms with Gasteiger partial charge in [-0.05, 0) is 47.0 Å². The van der Waals surface area contributed by atoms with E-state index in [0.717, 1.165) is 39.1 Å². The highest BCUT2D eigenvalue weighted by Crippen LogP contribution is 2.47. The molecule has 0 saturated carbocycles. The summed E-state index contributed by atoms with van der Waals surface area (Å²) in [6.07, 6.45) is 9.01. The monoisotopic (exact) mass is 452 g/mol. The van der Waals surface area contributed by atoms with Crippen molar-refractivity contribution in [3.8, 4) is 16.9 Å². The lowest BCUT2D eigenvalue weighted by molar-refractivity contribution is 0.428. The van der Waals surface area contributed by atoms with Crippen LogP contribution >= 0.6 is 15.9 Å². The first-order valence-corrected chi connectivity index (χ1v) is 10.8. The van der Waals surface area contributed by atoms with Crippen molar-refractivity contribution >= 4 is 32.3 Å². The van der Waals surface area contributed by atoms with E-state index >= 15 is 0 Å². The molecule has 30 heavy (non-hydrogen) atoms. The molecule has 0 N–H and O–H groups in total. The predicted molar refractivity (Wildman–Crippen MR) is 123 cm³/mol. The molecule has 1 atom stereocenters. The summed E-state index contributed by atoms with van der Waals surface area (Å²) in [6, 6.07) is 21.0. The molecule has 4 aromatic rings. The van der Waals surface area contributed by atoms with Gasteiger partial charge in [0.1, 0.15) is 11.5 Å². The van der Waals surface area contributed by atoms with Crippen LogP contribution in [0.1, 0.15) is 23.7 Å². The average molecular weight is 453 g/mol. The summed E-state index contributed by atoms with van der Waals surface area (Å²) in [6.45, 7) is 0. The number of allylic oxidation sites excluding steroid dienone is 4. The highest BCUT2D eigenvalue weighted by atomic mass is 79.9. The first-order chi connectivity index (χ1) is 14.8. The SMILES string of the molecule is Brc1ccc2ccc(-c3cnc(C4=C5Oc6ccccc6C5CC=C4)nc3)cc2c1. The fourth-order valence-corrected chi connectivity index (χ4v) is 4.65. The van der Waals surface area contributed by atoms with Crippen LogP contribution in [0.3, 0.4) is 0 Å². The van der Waals surface area contributed by atoms with E-state index in [1.807, 2.05) is 24.5 Å². The maximum atomic E-state index is 6.20. The van der Waals surface area contributed by atoms with Crippen LogP contribution in [0.25, 0.3) is 27.5 Å². The van der Waals surface area contributed by atoms with Gasteiger partial charge >= 0.3 is 0 Å². The number of rotatable bonds is 2. The Morgan fingerprint density at radius 2 is 1.70 bits per heavy atom. The number of halogens is 1. The summed E-state index contributed by atoms with van der Waals surface area (Å²) in [4.78, 5) is 9.38. The molecule has 1 aliphatic heterocycles. The molecule has 6 rings (SSSR count). The molecular formula is C26H17BrN2O. The number of aromatic nitrogens is 2. The zero-order valence-corrected chi connectivity index (χ0v) is 17.6. The Balaban J connectivity index is 1.37. The smallest absolute Gasteiger partial charge is 0.162 e. The van der Waals surface area contributed by atoms with Crippen LogP contribution in [0.15, 0.2) is 95.4 Å². The molecule has 3 nitrogen and oxygen atoms in total. The lowest BCUT2D eigenvalue weighted by Crippen LogP contribution is -2.07. The Labute approximate surface area is 182 Å². The van der Waals surface area contributed by atoms with Gasteiger partial charge in [0.15, 0.2) is 5.82 Å². The Kier molecular flexibility index (Phi) is 4.06. The number of hydrogen-bond donors (Lipinski definition) is 0. The van der Waals surface area contributed by atoms with Crippen LogP contribution in [0.4, 0.5) is 0 Å². The van der Waals surface area contributed by atoms with E-state index in [1.54, 1.807) is 0 Å². The Hall–Kier alpha value is -3.24. The largest absolute Gasteiger partial charge is 0.460 e. The van der Waals surface area contributed by atoms with Crippen LogP contribution in [0, 0.1) is 0 Å². The number of nitrogens with zero attached hydrogens (tertiary/aromatic N) is 2. The Bertz CT molecular complexity index is 1360. The van der Waals surface area contributed by atoms with Crippen molar-refractivity contribution < 1.29 is 4.74 Å². The van der Waals surface area contributed by atoms with Gasteiger partial charge in [-0.1, -0.05) is 64.5 Å². The molecular weight excluding hydrogens is 436 g/mol. The molecule has 1 aromatic heterocycles. The van der Waals surface area contributed by atoms with E-state index in [0.29, 0.717) is 5.82 Å². The minimum absolute atomic E-state index is 0.253. The van der Waals surface area contributed by atoms with E-state index in [9.17, 15) is 0 Å². The summed E-state index contributed by atoms with van der Waals surface area (Å²) in [5.41, 5.74) is 4.31. The fourth-order valence-electron chi connectivity index (χ4n) is 4.27. The van der Waals surface area contributed by atoms with Crippen LogP contribution in [0.5, 0.6) is 5.75 Å². The molecule has 0 spiro atoms. The molecule has 0 bridgehead atoms. The zero-order valence-electron chi connectivity index (χ0n) is 16.0. The molecule has 2 heterocycles. The normalized spacial score (nSPS) is 17.0. The number of hydrogen-bond acceptors (Lipinski definition) is 3. The van der Waals surface area contributed by atoms with Gasteiger partial charge in [-0.25, -0.2) is 9.97 Å². The van der Waals surface area contributed by atoms with Gasteiger partial charge in [0.05, 0.1) is 11.5 Å². The second-order valence-electron chi connectivity index (χ2n) is 7.61. The van der Waals surface area contributed by atoms with Crippen LogP contribution in [-0.4, -0.2) is 9.97 Å². The molecule has 0 fully saturated rings. The second kappa shape index (κ2) is 6.92. The molecule has 144 valence electrons. The predicted octanol–water partition coefficient (Wildman–Crippen LogP) is 6.91. The standard InChI is InChI=1S/C26H17BrN2O/c27-20-11-10-16-8-9-17(12-18(16)13-20)19-14-28-26(29-15-19)23-6-3-5-22-21-4-1-2-7-24(21)30-25(22)23/h1-4,6-15,22H,5H2. The van der Waals surface area contributed by atoms with E-state index < -0.39 is 0 Å². The van der Waals surface area contributed by atoms with Crippen molar-refractivity contribution in [2.45, 2.75) is 12.3 Å². The van der Waals surface area contributed by atoms with E-state index in [4.69, 9.17) is 14.7 Å². The Morgan fingerprint density at radius 3 is 2.60 bits per heavy atom. The lowest BCUT2D eigenvalue weighted by Gasteiger charge is -2.16. The molecule has 0 amide bonds. The summed E-state index contributed by atoms with van der Waals surface area (Å²) in [5, 5.41) is 2.40. The van der Waals surface area contributed by atoms with Gasteiger partial charge in [0.25, 0.3) is 0 Å². The first kappa shape index (κ1) is 17.6. The molecule has 2 aliphatic rings. The van der Waals surface area contributed by atoms with Gasteiger partial charge in [0, 0.05) is 28.0 Å². The average Bonchev–Trinajstić information content (AvgIpc) is 3.17. The third-order valence-corrected chi connectivity index (χ3v) is 6.27. The second-order valence-corrected chi connectivity index (χ2v) is 8.53. The van der Waals surface area contributed by atoms with Crippen molar-refractivity contribution in [2.75, 3.05) is 0 Å². The van der Waals surface area contributed by atoms with Crippen molar-refractivity contribution in [1.82, 2.24) is 9.97 Å². The minimum atomic E-state index is 0.253. The van der Waals surface area contributed by atoms with Gasteiger partial charge in [-0.2, -0.15) is 0 Å². The number of para-hydroxylation sites is 1. The highest BCUT2D eigenvalue weighted by Gasteiger charge is 2.33. The van der Waals surface area contributed by atoms with Crippen molar-refractivity contribution in [1.29, 1.82) is 0 Å². The van der Waals surface area contributed by atoms with E-state index in [1.165, 1.54) is 16.3 Å². The van der Waals surface area contributed by atoms with Gasteiger partial charge in [-0.3, -0.25) is 0 Å². The van der Waals surface area contributed by atoms with Gasteiger partial charge < -0.3 is 4.74 Å². The maximum Gasteiger partial charge on any atom is 0.162 e. The highest BCUT2D eigenvalue weighted by molar-refractivity contribution is 9.10. The van der Waals surface area contributed by atoms with Crippen LogP contribution < -0.4 is 4.74 Å². The Morgan fingerprint density at radius 1 is 0.867 bits per heavy atom. The third-order valence-electron chi connectivity index (χ3n) is 5.78. The third kappa shape index (κ3) is 2.87. The number of fused-ring (bicyclic) bond motifs is 4. The van der Waals surface area contributed by atoms with Gasteiger partial charge in [-0.15, -0.1) is 0 Å².